The molecule has 0 spiro atoms. The molecule has 0 saturated carbocycles. The molecule has 3 N–H and O–H groups in total. The minimum atomic E-state index is -4.01. The van der Waals surface area contributed by atoms with Crippen molar-refractivity contribution < 1.29 is 17.9 Å². The number of rotatable bonds is 7. The van der Waals surface area contributed by atoms with E-state index in [1.165, 1.54) is 4.90 Å². The van der Waals surface area contributed by atoms with Crippen molar-refractivity contribution >= 4 is 15.9 Å². The van der Waals surface area contributed by atoms with Gasteiger partial charge in [0.05, 0.1) is 12.3 Å². The molecule has 0 fully saturated rings. The first kappa shape index (κ1) is 16.6. The molecule has 0 atom stereocenters. The first-order valence-electron chi connectivity index (χ1n) is 6.26. The largest absolute Gasteiger partial charge is 0.380 e. The second-order valence-corrected chi connectivity index (χ2v) is 5.70. The Morgan fingerprint density at radius 1 is 1.45 bits per heavy atom. The van der Waals surface area contributed by atoms with E-state index in [0.29, 0.717) is 31.9 Å². The lowest BCUT2D eigenvalue weighted by atomic mass is 10.3. The number of carbonyl (C=O) groups is 1. The van der Waals surface area contributed by atoms with Crippen LogP contribution in [0.15, 0.2) is 4.90 Å². The quantitative estimate of drug-likeness (QED) is 0.672. The Hall–Kier alpha value is -1.45. The first-order chi connectivity index (χ1) is 9.32. The number of aromatic nitrogens is 2. The second-order valence-electron chi connectivity index (χ2n) is 4.20. The SMILES string of the molecule is CCOCCN(C)C(=O)c1n[nH]c(CC)c1S(N)(=O)=O. The third kappa shape index (κ3) is 3.78. The minimum Gasteiger partial charge on any atom is -0.380 e. The van der Waals surface area contributed by atoms with Crippen LogP contribution in [-0.2, 0) is 21.2 Å². The number of likely N-dealkylation sites (N-methyl/N-ethyl adjacent to an activating group) is 1. The number of aryl methyl sites for hydroxylation is 1. The molecule has 0 aliphatic heterocycles. The van der Waals surface area contributed by atoms with E-state index in [1.54, 1.807) is 14.0 Å². The van der Waals surface area contributed by atoms with Crippen LogP contribution in [0.3, 0.4) is 0 Å². The smallest absolute Gasteiger partial charge is 0.275 e. The van der Waals surface area contributed by atoms with Crippen molar-refractivity contribution in [1.82, 2.24) is 15.1 Å². The van der Waals surface area contributed by atoms with E-state index in [-0.39, 0.29) is 10.6 Å². The molecule has 1 heterocycles. The Bertz CT molecular complexity index is 567. The van der Waals surface area contributed by atoms with E-state index in [2.05, 4.69) is 10.2 Å². The molecule has 1 amide bonds. The number of nitrogens with two attached hydrogens (primary N) is 1. The van der Waals surface area contributed by atoms with Crippen molar-refractivity contribution in [2.24, 2.45) is 5.14 Å². The third-order valence-corrected chi connectivity index (χ3v) is 3.76. The number of H-pyrrole nitrogens is 1. The van der Waals surface area contributed by atoms with Gasteiger partial charge in [-0.1, -0.05) is 6.92 Å². The number of ether oxygens (including phenoxy) is 1. The van der Waals surface area contributed by atoms with Gasteiger partial charge in [0.2, 0.25) is 10.0 Å². The number of hydrogen-bond donors (Lipinski definition) is 2. The zero-order valence-electron chi connectivity index (χ0n) is 11.8. The van der Waals surface area contributed by atoms with Crippen molar-refractivity contribution in [3.05, 3.63) is 11.4 Å². The molecule has 0 unspecified atom stereocenters. The molecule has 1 rings (SSSR count). The van der Waals surface area contributed by atoms with Crippen LogP contribution in [0.5, 0.6) is 0 Å². The molecule has 0 saturated heterocycles. The summed E-state index contributed by atoms with van der Waals surface area (Å²) in [5.41, 5.74) is 0.150. The van der Waals surface area contributed by atoms with Gasteiger partial charge in [0.15, 0.2) is 5.69 Å². The summed E-state index contributed by atoms with van der Waals surface area (Å²) in [5, 5.41) is 11.5. The van der Waals surface area contributed by atoms with Crippen molar-refractivity contribution in [3.8, 4) is 0 Å². The van der Waals surface area contributed by atoms with Gasteiger partial charge in [-0.05, 0) is 13.3 Å². The number of sulfonamides is 1. The van der Waals surface area contributed by atoms with E-state index in [1.807, 2.05) is 6.92 Å². The van der Waals surface area contributed by atoms with Gasteiger partial charge >= 0.3 is 0 Å². The molecule has 1 aromatic heterocycles. The zero-order chi connectivity index (χ0) is 15.3. The molecular weight excluding hydrogens is 284 g/mol. The van der Waals surface area contributed by atoms with Crippen LogP contribution in [0.1, 0.15) is 30.0 Å². The van der Waals surface area contributed by atoms with Gasteiger partial charge in [-0.3, -0.25) is 9.89 Å². The molecule has 9 heteroatoms. The van der Waals surface area contributed by atoms with Crippen LogP contribution < -0.4 is 5.14 Å². The van der Waals surface area contributed by atoms with Crippen molar-refractivity contribution in [1.29, 1.82) is 0 Å². The summed E-state index contributed by atoms with van der Waals surface area (Å²) < 4.78 is 28.4. The highest BCUT2D eigenvalue weighted by atomic mass is 32.2. The number of amides is 1. The Balaban J connectivity index is 3.02. The molecule has 114 valence electrons. The number of nitrogens with one attached hydrogen (secondary N) is 1. The lowest BCUT2D eigenvalue weighted by Crippen LogP contribution is -2.32. The standard InChI is InChI=1S/C11H20N4O4S/c1-4-8-10(20(12,17)18)9(14-13-8)11(16)15(3)6-7-19-5-2/h4-7H2,1-3H3,(H,13,14)(H2,12,17,18). The van der Waals surface area contributed by atoms with Crippen molar-refractivity contribution in [2.45, 2.75) is 25.2 Å². The van der Waals surface area contributed by atoms with E-state index < -0.39 is 15.9 Å². The number of hydrogen-bond acceptors (Lipinski definition) is 5. The highest BCUT2D eigenvalue weighted by molar-refractivity contribution is 7.89. The van der Waals surface area contributed by atoms with E-state index >= 15 is 0 Å². The molecule has 8 nitrogen and oxygen atoms in total. The fraction of sp³-hybridized carbons (Fsp3) is 0.636. The summed E-state index contributed by atoms with van der Waals surface area (Å²) in [6, 6.07) is 0. The van der Waals surface area contributed by atoms with Gasteiger partial charge in [0, 0.05) is 20.2 Å². The molecule has 0 aliphatic rings. The van der Waals surface area contributed by atoms with Crippen LogP contribution in [0.25, 0.3) is 0 Å². The molecule has 1 aromatic rings. The van der Waals surface area contributed by atoms with Gasteiger partial charge in [-0.2, -0.15) is 5.10 Å². The van der Waals surface area contributed by atoms with Gasteiger partial charge in [0.25, 0.3) is 5.91 Å². The molecule has 0 aromatic carbocycles. The fourth-order valence-corrected chi connectivity index (χ4v) is 2.62. The van der Waals surface area contributed by atoms with Crippen LogP contribution in [0, 0.1) is 0 Å². The van der Waals surface area contributed by atoms with Gasteiger partial charge in [-0.25, -0.2) is 13.6 Å². The van der Waals surface area contributed by atoms with Crippen molar-refractivity contribution in [3.63, 3.8) is 0 Å². The average Bonchev–Trinajstić information content (AvgIpc) is 2.81. The molecular formula is C11H20N4O4S. The number of primary sulfonamides is 1. The van der Waals surface area contributed by atoms with Crippen LogP contribution in [0.2, 0.25) is 0 Å². The maximum absolute atomic E-state index is 12.2. The zero-order valence-corrected chi connectivity index (χ0v) is 12.7. The number of carbonyl (C=O) groups excluding carboxylic acids is 1. The average molecular weight is 304 g/mol. The first-order valence-corrected chi connectivity index (χ1v) is 7.80. The molecule has 0 radical (unpaired) electrons. The van der Waals surface area contributed by atoms with Gasteiger partial charge in [-0.15, -0.1) is 0 Å². The molecule has 20 heavy (non-hydrogen) atoms. The minimum absolute atomic E-state index is 0.177. The normalized spacial score (nSPS) is 11.6. The van der Waals surface area contributed by atoms with E-state index in [9.17, 15) is 13.2 Å². The summed E-state index contributed by atoms with van der Waals surface area (Å²) >= 11 is 0. The maximum Gasteiger partial charge on any atom is 0.275 e. The number of nitrogens with zero attached hydrogens (tertiary/aromatic N) is 2. The van der Waals surface area contributed by atoms with Gasteiger partial charge < -0.3 is 9.64 Å². The molecule has 0 bridgehead atoms. The molecule has 0 aliphatic carbocycles. The summed E-state index contributed by atoms with van der Waals surface area (Å²) in [6.07, 6.45) is 0.384. The second kappa shape index (κ2) is 6.82. The van der Waals surface area contributed by atoms with Crippen LogP contribution in [0.4, 0.5) is 0 Å². The highest BCUT2D eigenvalue weighted by Crippen LogP contribution is 2.18. The van der Waals surface area contributed by atoms with Crippen molar-refractivity contribution in [2.75, 3.05) is 26.8 Å². The fourth-order valence-electron chi connectivity index (χ4n) is 1.69. The summed E-state index contributed by atoms with van der Waals surface area (Å²) in [7, 11) is -2.46. The van der Waals surface area contributed by atoms with Gasteiger partial charge in [0.1, 0.15) is 4.90 Å². The predicted octanol–water partition coefficient (Wildman–Crippen LogP) is -0.272. The monoisotopic (exact) mass is 304 g/mol. The van der Waals surface area contributed by atoms with Crippen LogP contribution >= 0.6 is 0 Å². The number of aromatic amines is 1. The van der Waals surface area contributed by atoms with E-state index in [0.717, 1.165) is 0 Å². The Labute approximate surface area is 118 Å². The lowest BCUT2D eigenvalue weighted by molar-refractivity contribution is 0.0701. The Kier molecular flexibility index (Phi) is 5.66. The van der Waals surface area contributed by atoms with E-state index in [4.69, 9.17) is 9.88 Å². The summed E-state index contributed by atoms with van der Waals surface area (Å²) in [5.74, 6) is -0.510. The summed E-state index contributed by atoms with van der Waals surface area (Å²) in [6.45, 7) is 4.85. The lowest BCUT2D eigenvalue weighted by Gasteiger charge is -2.16. The third-order valence-electron chi connectivity index (χ3n) is 2.75. The maximum atomic E-state index is 12.2. The highest BCUT2D eigenvalue weighted by Gasteiger charge is 2.28. The summed E-state index contributed by atoms with van der Waals surface area (Å²) in [4.78, 5) is 13.3. The predicted molar refractivity (Wildman–Crippen MR) is 72.8 cm³/mol. The topological polar surface area (TPSA) is 118 Å². The Morgan fingerprint density at radius 3 is 2.60 bits per heavy atom. The Morgan fingerprint density at radius 2 is 2.10 bits per heavy atom. The van der Waals surface area contributed by atoms with Crippen LogP contribution in [-0.4, -0.2) is 56.2 Å².